The molecule has 0 bridgehead atoms. The average molecular weight is 322 g/mol. The van der Waals surface area contributed by atoms with Crippen molar-refractivity contribution in [1.82, 2.24) is 10.3 Å². The molecular formula is C17H24ClN3O. The van der Waals surface area contributed by atoms with Crippen LogP contribution in [0.1, 0.15) is 31.7 Å². The number of H-pyrrole nitrogens is 1. The molecule has 22 heavy (non-hydrogen) atoms. The number of nitrogens with two attached hydrogens (primary N) is 1. The fraction of sp³-hybridized carbons (Fsp3) is 0.471. The molecule has 4 N–H and O–H groups in total. The van der Waals surface area contributed by atoms with Crippen LogP contribution in [0.15, 0.2) is 30.5 Å². The smallest absolute Gasteiger partial charge is 0.237 e. The number of hydrogen-bond donors (Lipinski definition) is 3. The monoisotopic (exact) mass is 321 g/mol. The van der Waals surface area contributed by atoms with E-state index in [1.165, 1.54) is 12.8 Å². The second-order valence-electron chi connectivity index (χ2n) is 6.07. The predicted octanol–water partition coefficient (Wildman–Crippen LogP) is 2.76. The van der Waals surface area contributed by atoms with Crippen LogP contribution in [0.5, 0.6) is 0 Å². The highest BCUT2D eigenvalue weighted by molar-refractivity contribution is 5.86. The van der Waals surface area contributed by atoms with Crippen LogP contribution in [0, 0.1) is 5.92 Å². The van der Waals surface area contributed by atoms with Crippen molar-refractivity contribution in [3.05, 3.63) is 36.0 Å². The Balaban J connectivity index is 0.00000176. The van der Waals surface area contributed by atoms with Crippen LogP contribution in [0.3, 0.4) is 0 Å². The number of nitrogens with one attached hydrogen (secondary N) is 2. The van der Waals surface area contributed by atoms with Crippen LogP contribution in [-0.4, -0.2) is 23.0 Å². The van der Waals surface area contributed by atoms with E-state index in [-0.39, 0.29) is 18.3 Å². The average Bonchev–Trinajstić information content (AvgIpc) is 3.08. The zero-order valence-corrected chi connectivity index (χ0v) is 13.7. The van der Waals surface area contributed by atoms with Gasteiger partial charge in [-0.15, -0.1) is 12.4 Å². The van der Waals surface area contributed by atoms with Gasteiger partial charge in [0.15, 0.2) is 0 Å². The summed E-state index contributed by atoms with van der Waals surface area (Å²) in [5.74, 6) is 0.642. The highest BCUT2D eigenvalue weighted by atomic mass is 35.5. The number of benzene rings is 1. The number of carbonyl (C=O) groups excluding carboxylic acids is 1. The molecule has 1 aliphatic carbocycles. The second-order valence-corrected chi connectivity index (χ2v) is 6.07. The number of hydrogen-bond acceptors (Lipinski definition) is 2. The van der Waals surface area contributed by atoms with Gasteiger partial charge in [-0.2, -0.15) is 0 Å². The Labute approximate surface area is 137 Å². The lowest BCUT2D eigenvalue weighted by atomic mass is 10.1. The van der Waals surface area contributed by atoms with Crippen LogP contribution in [0.2, 0.25) is 0 Å². The summed E-state index contributed by atoms with van der Waals surface area (Å²) in [6, 6.07) is 7.97. The van der Waals surface area contributed by atoms with E-state index in [1.54, 1.807) is 0 Å². The van der Waals surface area contributed by atoms with Gasteiger partial charge in [-0.05, 0) is 36.8 Å². The molecule has 0 radical (unpaired) electrons. The fourth-order valence-corrected chi connectivity index (χ4v) is 3.03. The van der Waals surface area contributed by atoms with E-state index in [4.69, 9.17) is 5.73 Å². The van der Waals surface area contributed by atoms with Gasteiger partial charge < -0.3 is 16.0 Å². The van der Waals surface area contributed by atoms with Gasteiger partial charge in [-0.3, -0.25) is 4.79 Å². The highest BCUT2D eigenvalue weighted by Crippen LogP contribution is 2.34. The van der Waals surface area contributed by atoms with E-state index >= 15 is 0 Å². The zero-order chi connectivity index (χ0) is 14.8. The molecule has 0 aliphatic heterocycles. The summed E-state index contributed by atoms with van der Waals surface area (Å²) in [6.07, 6.45) is 6.01. The lowest BCUT2D eigenvalue weighted by Crippen LogP contribution is -2.43. The largest absolute Gasteiger partial charge is 0.361 e. The van der Waals surface area contributed by atoms with E-state index in [0.717, 1.165) is 22.9 Å². The topological polar surface area (TPSA) is 70.9 Å². The molecule has 0 saturated heterocycles. The van der Waals surface area contributed by atoms with Gasteiger partial charge in [0.25, 0.3) is 0 Å². The molecule has 3 atom stereocenters. The molecule has 2 unspecified atom stereocenters. The Morgan fingerprint density at radius 3 is 3.00 bits per heavy atom. The third kappa shape index (κ3) is 3.62. The predicted molar refractivity (Wildman–Crippen MR) is 92.2 cm³/mol. The first-order valence-corrected chi connectivity index (χ1v) is 7.80. The number of aromatic nitrogens is 1. The van der Waals surface area contributed by atoms with Crippen LogP contribution in [0.4, 0.5) is 0 Å². The third-order valence-corrected chi connectivity index (χ3v) is 4.36. The zero-order valence-electron chi connectivity index (χ0n) is 12.8. The Bertz CT molecular complexity index is 640. The number of fused-ring (bicyclic) bond motifs is 1. The molecule has 5 heteroatoms. The van der Waals surface area contributed by atoms with Crippen molar-refractivity contribution in [2.45, 2.75) is 44.7 Å². The summed E-state index contributed by atoms with van der Waals surface area (Å²) in [5.41, 5.74) is 8.26. The molecule has 3 rings (SSSR count). The van der Waals surface area contributed by atoms with E-state index in [1.807, 2.05) is 24.4 Å². The maximum absolute atomic E-state index is 12.2. The van der Waals surface area contributed by atoms with E-state index in [2.05, 4.69) is 23.3 Å². The van der Waals surface area contributed by atoms with Crippen LogP contribution in [-0.2, 0) is 11.2 Å². The SMILES string of the molecule is CCCC1CC1NC(=O)[C@@H](N)Cc1c[nH]c2ccccc12.Cl. The molecule has 1 aliphatic rings. The summed E-state index contributed by atoms with van der Waals surface area (Å²) < 4.78 is 0. The van der Waals surface area contributed by atoms with Crippen molar-refractivity contribution in [2.75, 3.05) is 0 Å². The van der Waals surface area contributed by atoms with Gasteiger partial charge in [-0.25, -0.2) is 0 Å². The van der Waals surface area contributed by atoms with Crippen LogP contribution >= 0.6 is 12.4 Å². The van der Waals surface area contributed by atoms with Gasteiger partial charge in [0.2, 0.25) is 5.91 Å². The van der Waals surface area contributed by atoms with E-state index in [9.17, 15) is 4.79 Å². The third-order valence-electron chi connectivity index (χ3n) is 4.36. The molecular weight excluding hydrogens is 298 g/mol. The molecule has 1 aromatic carbocycles. The molecule has 120 valence electrons. The van der Waals surface area contributed by atoms with Gasteiger partial charge in [0.1, 0.15) is 0 Å². The van der Waals surface area contributed by atoms with Crippen LogP contribution in [0.25, 0.3) is 10.9 Å². The standard InChI is InChI=1S/C17H23N3O.ClH/c1-2-5-11-9-16(11)20-17(21)14(18)8-12-10-19-15-7-4-3-6-13(12)15;/h3-4,6-7,10-11,14,16,19H,2,5,8-9,18H2,1H3,(H,20,21);1H/t11?,14-,16?;/m0./s1. The molecule has 1 fully saturated rings. The molecule has 0 spiro atoms. The Morgan fingerprint density at radius 2 is 2.23 bits per heavy atom. The maximum atomic E-state index is 12.2. The van der Waals surface area contributed by atoms with Crippen LogP contribution < -0.4 is 11.1 Å². The first-order valence-electron chi connectivity index (χ1n) is 7.80. The maximum Gasteiger partial charge on any atom is 0.237 e. The van der Waals surface area contributed by atoms with Crippen molar-refractivity contribution in [2.24, 2.45) is 11.7 Å². The molecule has 4 nitrogen and oxygen atoms in total. The first kappa shape index (κ1) is 16.8. The molecule has 1 heterocycles. The number of carbonyl (C=O) groups is 1. The molecule has 1 aromatic heterocycles. The quantitative estimate of drug-likeness (QED) is 0.765. The lowest BCUT2D eigenvalue weighted by molar-refractivity contribution is -0.122. The number of aromatic amines is 1. The van der Waals surface area contributed by atoms with E-state index in [0.29, 0.717) is 18.4 Å². The van der Waals surface area contributed by atoms with Gasteiger partial charge >= 0.3 is 0 Å². The van der Waals surface area contributed by atoms with Crippen molar-refractivity contribution in [3.63, 3.8) is 0 Å². The summed E-state index contributed by atoms with van der Waals surface area (Å²) in [7, 11) is 0. The minimum Gasteiger partial charge on any atom is -0.361 e. The van der Waals surface area contributed by atoms with Gasteiger partial charge in [0, 0.05) is 23.1 Å². The van der Waals surface area contributed by atoms with Gasteiger partial charge in [0.05, 0.1) is 6.04 Å². The fourth-order valence-electron chi connectivity index (χ4n) is 3.03. The number of rotatable bonds is 6. The minimum absolute atomic E-state index is 0. The van der Waals surface area contributed by atoms with Gasteiger partial charge in [-0.1, -0.05) is 31.5 Å². The summed E-state index contributed by atoms with van der Waals surface area (Å²) >= 11 is 0. The van der Waals surface area contributed by atoms with Crippen molar-refractivity contribution >= 4 is 29.2 Å². The molecule has 1 amide bonds. The number of halogens is 1. The Hall–Kier alpha value is -1.52. The van der Waals surface area contributed by atoms with Crippen molar-refractivity contribution < 1.29 is 4.79 Å². The Kier molecular flexibility index (Phi) is 5.48. The minimum atomic E-state index is -0.480. The molecule has 1 saturated carbocycles. The summed E-state index contributed by atoms with van der Waals surface area (Å²) in [6.45, 7) is 2.18. The highest BCUT2D eigenvalue weighted by Gasteiger charge is 2.37. The lowest BCUT2D eigenvalue weighted by Gasteiger charge is -2.12. The Morgan fingerprint density at radius 1 is 1.45 bits per heavy atom. The van der Waals surface area contributed by atoms with E-state index < -0.39 is 6.04 Å². The number of para-hydroxylation sites is 1. The normalized spacial score (nSPS) is 21.2. The van der Waals surface area contributed by atoms with Crippen molar-refractivity contribution in [1.29, 1.82) is 0 Å². The second kappa shape index (κ2) is 7.16. The molecule has 2 aromatic rings. The first-order chi connectivity index (χ1) is 10.2. The summed E-state index contributed by atoms with van der Waals surface area (Å²) in [4.78, 5) is 15.4. The number of amides is 1. The summed E-state index contributed by atoms with van der Waals surface area (Å²) in [5, 5.41) is 4.22. The van der Waals surface area contributed by atoms with Crippen molar-refractivity contribution in [3.8, 4) is 0 Å².